The molecule has 0 spiro atoms. The topological polar surface area (TPSA) is 106 Å². The second-order valence-electron chi connectivity index (χ2n) is 5.22. The van der Waals surface area contributed by atoms with Crippen LogP contribution in [-0.2, 0) is 18.0 Å². The first kappa shape index (κ1) is 21.1. The molecule has 1 N–H and O–H groups in total. The molecule has 148 valence electrons. The fourth-order valence-electron chi connectivity index (χ4n) is 2.10. The third kappa shape index (κ3) is 4.35. The highest BCUT2D eigenvalue weighted by atomic mass is 35.5. The lowest BCUT2D eigenvalue weighted by Gasteiger charge is -2.14. The summed E-state index contributed by atoms with van der Waals surface area (Å²) in [7, 11) is 0.770. The van der Waals surface area contributed by atoms with E-state index >= 15 is 0 Å². The number of hydrogen-bond acceptors (Lipinski definition) is 5. The highest BCUT2D eigenvalue weighted by Gasteiger charge is 2.35. The van der Waals surface area contributed by atoms with Crippen molar-refractivity contribution >= 4 is 29.3 Å². The molecule has 0 aliphatic heterocycles. The Balaban J connectivity index is 2.70. The zero-order valence-electron chi connectivity index (χ0n) is 13.8. The van der Waals surface area contributed by atoms with E-state index in [0.717, 1.165) is 13.1 Å². The van der Waals surface area contributed by atoms with Crippen molar-refractivity contribution in [1.82, 2.24) is 9.13 Å². The van der Waals surface area contributed by atoms with E-state index in [2.05, 4.69) is 9.98 Å². The molecule has 2 aromatic rings. The van der Waals surface area contributed by atoms with Gasteiger partial charge in [-0.15, -0.1) is 0 Å². The molecule has 13 heteroatoms. The van der Waals surface area contributed by atoms with Gasteiger partial charge >= 0.3 is 17.8 Å². The second-order valence-corrected chi connectivity index (χ2v) is 5.63. The van der Waals surface area contributed by atoms with E-state index in [-0.39, 0.29) is 25.9 Å². The molecule has 0 saturated heterocycles. The summed E-state index contributed by atoms with van der Waals surface area (Å²) in [5.74, 6) is -2.45. The molecule has 0 aliphatic rings. The van der Waals surface area contributed by atoms with E-state index in [4.69, 9.17) is 16.7 Å². The first-order valence-corrected chi connectivity index (χ1v) is 7.55. The molecule has 0 unspecified atom stereocenters. The highest BCUT2D eigenvalue weighted by Crippen LogP contribution is 2.30. The number of nitrogens with zero attached hydrogens (tertiary/aromatic N) is 4. The Bertz CT molecular complexity index is 1130. The van der Waals surface area contributed by atoms with E-state index in [0.29, 0.717) is 6.07 Å². The summed E-state index contributed by atoms with van der Waals surface area (Å²) in [6, 6.07) is 3.63. The molecule has 0 aliphatic carbocycles. The molecule has 8 nitrogen and oxygen atoms in total. The van der Waals surface area contributed by atoms with Crippen molar-refractivity contribution in [3.05, 3.63) is 55.6 Å². The average Bonchev–Trinajstić information content (AvgIpc) is 2.56. The quantitative estimate of drug-likeness (QED) is 0.604. The van der Waals surface area contributed by atoms with Crippen LogP contribution in [-0.4, -0.2) is 32.8 Å². The maximum absolute atomic E-state index is 14.3. The van der Waals surface area contributed by atoms with Gasteiger partial charge in [-0.2, -0.15) is 18.2 Å². The van der Waals surface area contributed by atoms with Crippen LogP contribution in [0, 0.1) is 5.82 Å². The number of carboxylic acid groups (broad SMARTS) is 1. The number of carbonyl (C=O) groups is 1. The van der Waals surface area contributed by atoms with Gasteiger partial charge in [0, 0.05) is 13.1 Å². The Kier molecular flexibility index (Phi) is 5.86. The largest absolute Gasteiger partial charge is 0.480 e. The molecule has 28 heavy (non-hydrogen) atoms. The SMILES string of the molecule is Cn1c(C(F)(F)F)cc(=O)n(-c2cc(N=C=NCC(=O)O)c(Cl)cc2F)c1=O. The normalized spacial score (nSPS) is 11.1. The number of aromatic nitrogens is 2. The van der Waals surface area contributed by atoms with E-state index in [9.17, 15) is 31.9 Å². The van der Waals surface area contributed by atoms with Crippen LogP contribution in [0.25, 0.3) is 5.69 Å². The number of aliphatic imine (C=N–C) groups is 2. The van der Waals surface area contributed by atoms with Crippen LogP contribution in [0.15, 0.2) is 37.8 Å². The number of aliphatic carboxylic acids is 1. The Labute approximate surface area is 157 Å². The summed E-state index contributed by atoms with van der Waals surface area (Å²) in [6.07, 6.45) is -4.97. The maximum Gasteiger partial charge on any atom is 0.431 e. The van der Waals surface area contributed by atoms with Crippen LogP contribution in [0.3, 0.4) is 0 Å². The van der Waals surface area contributed by atoms with Gasteiger partial charge in [0.25, 0.3) is 5.56 Å². The summed E-state index contributed by atoms with van der Waals surface area (Å²) in [5.41, 5.74) is -5.34. The Morgan fingerprint density at radius 1 is 1.29 bits per heavy atom. The Hall–Kier alpha value is -3.24. The van der Waals surface area contributed by atoms with Gasteiger partial charge in [-0.25, -0.2) is 18.7 Å². The fraction of sp³-hybridized carbons (Fsp3) is 0.200. The molecule has 1 aromatic carbocycles. The molecule has 0 fully saturated rings. The summed E-state index contributed by atoms with van der Waals surface area (Å²) in [4.78, 5) is 41.5. The van der Waals surface area contributed by atoms with Gasteiger partial charge in [-0.3, -0.25) is 14.2 Å². The lowest BCUT2D eigenvalue weighted by atomic mass is 10.2. The van der Waals surface area contributed by atoms with E-state index in [1.165, 1.54) is 0 Å². The monoisotopic (exact) mass is 420 g/mol. The number of alkyl halides is 3. The number of hydrogen-bond donors (Lipinski definition) is 1. The summed E-state index contributed by atoms with van der Waals surface area (Å²) in [5, 5.41) is 8.16. The van der Waals surface area contributed by atoms with Crippen molar-refractivity contribution in [3.8, 4) is 5.69 Å². The number of halogens is 5. The lowest BCUT2D eigenvalue weighted by Crippen LogP contribution is -2.41. The van der Waals surface area contributed by atoms with Crippen LogP contribution in [0.1, 0.15) is 5.69 Å². The van der Waals surface area contributed by atoms with Crippen molar-refractivity contribution in [3.63, 3.8) is 0 Å². The van der Waals surface area contributed by atoms with Gasteiger partial charge in [0.2, 0.25) is 0 Å². The molecule has 0 radical (unpaired) electrons. The molecular weight excluding hydrogens is 412 g/mol. The number of benzene rings is 1. The maximum atomic E-state index is 14.3. The third-order valence-electron chi connectivity index (χ3n) is 3.32. The zero-order valence-corrected chi connectivity index (χ0v) is 14.5. The highest BCUT2D eigenvalue weighted by molar-refractivity contribution is 6.33. The van der Waals surface area contributed by atoms with Crippen molar-refractivity contribution in [2.75, 3.05) is 6.54 Å². The second kappa shape index (κ2) is 7.79. The van der Waals surface area contributed by atoms with Crippen molar-refractivity contribution in [2.45, 2.75) is 6.18 Å². The predicted octanol–water partition coefficient (Wildman–Crippen LogP) is 2.24. The first-order valence-electron chi connectivity index (χ1n) is 7.17. The van der Waals surface area contributed by atoms with Crippen molar-refractivity contribution < 1.29 is 27.5 Å². The molecule has 0 bridgehead atoms. The first-order chi connectivity index (χ1) is 12.9. The summed E-state index contributed by atoms with van der Waals surface area (Å²) in [6.45, 7) is -0.659. The molecule has 0 atom stereocenters. The van der Waals surface area contributed by atoms with Crippen LogP contribution < -0.4 is 11.2 Å². The van der Waals surface area contributed by atoms with Gasteiger partial charge in [0.1, 0.15) is 18.1 Å². The molecule has 0 amide bonds. The summed E-state index contributed by atoms with van der Waals surface area (Å²) >= 11 is 5.78. The van der Waals surface area contributed by atoms with Crippen LogP contribution >= 0.6 is 11.6 Å². The zero-order chi connectivity index (χ0) is 21.2. The third-order valence-corrected chi connectivity index (χ3v) is 3.63. The molecule has 1 aromatic heterocycles. The molecule has 1 heterocycles. The van der Waals surface area contributed by atoms with Crippen LogP contribution in [0.2, 0.25) is 5.02 Å². The van der Waals surface area contributed by atoms with Gasteiger partial charge in [-0.05, 0) is 12.1 Å². The molecular formula is C15H9ClF4N4O4. The van der Waals surface area contributed by atoms with Crippen molar-refractivity contribution in [2.24, 2.45) is 17.0 Å². The molecule has 0 saturated carbocycles. The predicted molar refractivity (Wildman–Crippen MR) is 89.3 cm³/mol. The minimum absolute atomic E-state index is 0.146. The van der Waals surface area contributed by atoms with E-state index in [1.807, 2.05) is 6.01 Å². The molecule has 2 rings (SSSR count). The standard InChI is InChI=1S/C15H9ClF4N4O4/c1-23-11(15(18,19)20)4-12(25)24(14(23)28)10-3-9(7(16)2-8(10)17)22-6-21-5-13(26)27/h2-4H,5H2,1H3,(H,26,27). The van der Waals surface area contributed by atoms with Gasteiger partial charge in [0.15, 0.2) is 0 Å². The minimum Gasteiger partial charge on any atom is -0.480 e. The number of carboxylic acids is 1. The average molecular weight is 421 g/mol. The van der Waals surface area contributed by atoms with E-state index in [1.54, 1.807) is 0 Å². The summed E-state index contributed by atoms with van der Waals surface area (Å²) < 4.78 is 53.3. The van der Waals surface area contributed by atoms with Gasteiger partial charge < -0.3 is 5.11 Å². The van der Waals surface area contributed by atoms with Crippen LogP contribution in [0.5, 0.6) is 0 Å². The number of rotatable bonds is 4. The van der Waals surface area contributed by atoms with Crippen molar-refractivity contribution in [1.29, 1.82) is 0 Å². The Morgan fingerprint density at radius 2 is 1.93 bits per heavy atom. The lowest BCUT2D eigenvalue weighted by molar-refractivity contribution is -0.144. The van der Waals surface area contributed by atoms with Gasteiger partial charge in [0.05, 0.1) is 22.4 Å². The smallest absolute Gasteiger partial charge is 0.431 e. The van der Waals surface area contributed by atoms with Crippen LogP contribution in [0.4, 0.5) is 23.2 Å². The van der Waals surface area contributed by atoms with Gasteiger partial charge in [-0.1, -0.05) is 11.6 Å². The fourth-order valence-corrected chi connectivity index (χ4v) is 2.29. The minimum atomic E-state index is -4.97. The Morgan fingerprint density at radius 3 is 2.50 bits per heavy atom. The van der Waals surface area contributed by atoms with E-state index < -0.39 is 47.1 Å².